The topological polar surface area (TPSA) is 24.9 Å². The lowest BCUT2D eigenvalue weighted by atomic mass is 9.95. The van der Waals surface area contributed by atoms with Crippen molar-refractivity contribution in [3.8, 4) is 0 Å². The molecule has 2 rings (SSSR count). The summed E-state index contributed by atoms with van der Waals surface area (Å²) in [5.41, 5.74) is 3.00. The molecule has 2 nitrogen and oxygen atoms in total. The fraction of sp³-hybridized carbons (Fsp3) is 0.308. The van der Waals surface area contributed by atoms with Gasteiger partial charge in [-0.15, -0.1) is 11.3 Å². The normalized spacial score (nSPS) is 12.6. The largest absolute Gasteiger partial charge is 0.319 e. The number of aromatic nitrogens is 1. The average Bonchev–Trinajstić information content (AvgIpc) is 2.82. The zero-order chi connectivity index (χ0) is 12.1. The van der Waals surface area contributed by atoms with E-state index in [2.05, 4.69) is 10.3 Å². The van der Waals surface area contributed by atoms with Crippen molar-refractivity contribution in [2.75, 3.05) is 13.6 Å². The molecule has 0 aliphatic heterocycles. The van der Waals surface area contributed by atoms with Crippen LogP contribution in [-0.4, -0.2) is 18.6 Å². The lowest BCUT2D eigenvalue weighted by Crippen LogP contribution is -2.18. The maximum absolute atomic E-state index is 12.9. The highest BCUT2D eigenvalue weighted by atomic mass is 32.1. The molecule has 0 spiro atoms. The van der Waals surface area contributed by atoms with Gasteiger partial charge in [0, 0.05) is 23.5 Å². The standard InChI is InChI=1S/C13H15FN2S/c1-15-7-11(6-13-8-16-9-17-13)10-2-4-12(14)5-3-10/h2-5,8-9,11,15H,6-7H2,1H3. The van der Waals surface area contributed by atoms with E-state index in [4.69, 9.17) is 0 Å². The highest BCUT2D eigenvalue weighted by Gasteiger charge is 2.12. The van der Waals surface area contributed by atoms with Gasteiger partial charge in [0.05, 0.1) is 5.51 Å². The monoisotopic (exact) mass is 250 g/mol. The Kier molecular flexibility index (Phi) is 4.23. The summed E-state index contributed by atoms with van der Waals surface area (Å²) >= 11 is 1.66. The number of hydrogen-bond donors (Lipinski definition) is 1. The Hall–Kier alpha value is -1.26. The van der Waals surface area contributed by atoms with Crippen molar-refractivity contribution in [3.05, 3.63) is 52.2 Å². The Morgan fingerprint density at radius 3 is 2.71 bits per heavy atom. The van der Waals surface area contributed by atoms with Gasteiger partial charge in [0.2, 0.25) is 0 Å². The van der Waals surface area contributed by atoms with Crippen LogP contribution in [-0.2, 0) is 6.42 Å². The lowest BCUT2D eigenvalue weighted by molar-refractivity contribution is 0.613. The second kappa shape index (κ2) is 5.89. The molecule has 2 aromatic rings. The summed E-state index contributed by atoms with van der Waals surface area (Å²) in [4.78, 5) is 5.34. The van der Waals surface area contributed by atoms with E-state index >= 15 is 0 Å². The molecule has 0 saturated carbocycles. The highest BCUT2D eigenvalue weighted by molar-refractivity contribution is 7.09. The van der Waals surface area contributed by atoms with Crippen LogP contribution in [0.1, 0.15) is 16.4 Å². The number of nitrogens with one attached hydrogen (secondary N) is 1. The Morgan fingerprint density at radius 2 is 2.12 bits per heavy atom. The highest BCUT2D eigenvalue weighted by Crippen LogP contribution is 2.22. The van der Waals surface area contributed by atoms with Gasteiger partial charge >= 0.3 is 0 Å². The third-order valence-corrected chi connectivity index (χ3v) is 3.52. The van der Waals surface area contributed by atoms with Crippen molar-refractivity contribution < 1.29 is 4.39 Å². The van der Waals surface area contributed by atoms with Crippen LogP contribution in [0.5, 0.6) is 0 Å². The Labute approximate surface area is 105 Å². The van der Waals surface area contributed by atoms with Gasteiger partial charge in [-0.3, -0.25) is 4.98 Å². The molecule has 1 aromatic carbocycles. The number of halogens is 1. The van der Waals surface area contributed by atoms with Gasteiger partial charge in [0.1, 0.15) is 5.82 Å². The molecule has 0 fully saturated rings. The van der Waals surface area contributed by atoms with Gasteiger partial charge in [-0.25, -0.2) is 4.39 Å². The first-order valence-electron chi connectivity index (χ1n) is 5.57. The zero-order valence-corrected chi connectivity index (χ0v) is 10.5. The fourth-order valence-electron chi connectivity index (χ4n) is 1.88. The molecule has 0 saturated heterocycles. The van der Waals surface area contributed by atoms with Crippen molar-refractivity contribution in [2.24, 2.45) is 0 Å². The van der Waals surface area contributed by atoms with E-state index in [1.807, 2.05) is 30.9 Å². The van der Waals surface area contributed by atoms with Crippen LogP contribution in [0.15, 0.2) is 36.0 Å². The number of nitrogens with zero attached hydrogens (tertiary/aromatic N) is 1. The zero-order valence-electron chi connectivity index (χ0n) is 9.69. The molecule has 0 aliphatic carbocycles. The Morgan fingerprint density at radius 1 is 1.35 bits per heavy atom. The fourth-order valence-corrected chi connectivity index (χ4v) is 2.55. The van der Waals surface area contributed by atoms with Crippen molar-refractivity contribution in [2.45, 2.75) is 12.3 Å². The molecule has 4 heteroatoms. The first kappa shape index (κ1) is 12.2. The summed E-state index contributed by atoms with van der Waals surface area (Å²) in [5, 5.41) is 3.18. The van der Waals surface area contributed by atoms with Gasteiger partial charge in [0.25, 0.3) is 0 Å². The summed E-state index contributed by atoms with van der Waals surface area (Å²) in [7, 11) is 1.93. The van der Waals surface area contributed by atoms with Crippen LogP contribution in [0, 0.1) is 5.82 Å². The molecule has 0 aliphatic rings. The third-order valence-electron chi connectivity index (χ3n) is 2.72. The van der Waals surface area contributed by atoms with E-state index in [0.717, 1.165) is 18.5 Å². The molecule has 0 radical (unpaired) electrons. The quantitative estimate of drug-likeness (QED) is 0.882. The van der Waals surface area contributed by atoms with E-state index in [-0.39, 0.29) is 5.82 Å². The molecule has 0 amide bonds. The Balaban J connectivity index is 2.13. The van der Waals surface area contributed by atoms with Crippen molar-refractivity contribution in [1.29, 1.82) is 0 Å². The molecular formula is C13H15FN2S. The summed E-state index contributed by atoms with van der Waals surface area (Å²) in [6.07, 6.45) is 2.84. The SMILES string of the molecule is CNCC(Cc1cncs1)c1ccc(F)cc1. The molecule has 17 heavy (non-hydrogen) atoms. The van der Waals surface area contributed by atoms with E-state index in [1.165, 1.54) is 17.0 Å². The molecular weight excluding hydrogens is 235 g/mol. The summed E-state index contributed by atoms with van der Waals surface area (Å²) < 4.78 is 12.9. The number of thiazole rings is 1. The third kappa shape index (κ3) is 3.35. The van der Waals surface area contributed by atoms with E-state index < -0.39 is 0 Å². The van der Waals surface area contributed by atoms with Crippen molar-refractivity contribution in [1.82, 2.24) is 10.3 Å². The van der Waals surface area contributed by atoms with Crippen LogP contribution < -0.4 is 5.32 Å². The summed E-state index contributed by atoms with van der Waals surface area (Å²) in [6, 6.07) is 6.76. The van der Waals surface area contributed by atoms with Gasteiger partial charge in [0.15, 0.2) is 0 Å². The Bertz CT molecular complexity index is 439. The van der Waals surface area contributed by atoms with Crippen LogP contribution in [0.25, 0.3) is 0 Å². The second-order valence-corrected chi connectivity index (χ2v) is 4.95. The maximum atomic E-state index is 12.9. The minimum atomic E-state index is -0.185. The number of hydrogen-bond acceptors (Lipinski definition) is 3. The summed E-state index contributed by atoms with van der Waals surface area (Å²) in [5.74, 6) is 0.177. The minimum absolute atomic E-state index is 0.185. The number of rotatable bonds is 5. The number of benzene rings is 1. The van der Waals surface area contributed by atoms with E-state index in [0.29, 0.717) is 5.92 Å². The van der Waals surface area contributed by atoms with Gasteiger partial charge in [-0.05, 0) is 31.2 Å². The average molecular weight is 250 g/mol. The van der Waals surface area contributed by atoms with Crippen LogP contribution >= 0.6 is 11.3 Å². The van der Waals surface area contributed by atoms with Crippen molar-refractivity contribution >= 4 is 11.3 Å². The van der Waals surface area contributed by atoms with Crippen molar-refractivity contribution in [3.63, 3.8) is 0 Å². The summed E-state index contributed by atoms with van der Waals surface area (Å²) in [6.45, 7) is 0.879. The predicted octanol–water partition coefficient (Wildman–Crippen LogP) is 2.83. The van der Waals surface area contributed by atoms with Crippen LogP contribution in [0.4, 0.5) is 4.39 Å². The maximum Gasteiger partial charge on any atom is 0.123 e. The molecule has 1 aromatic heterocycles. The lowest BCUT2D eigenvalue weighted by Gasteiger charge is -2.16. The van der Waals surface area contributed by atoms with Crippen LogP contribution in [0.3, 0.4) is 0 Å². The molecule has 1 atom stereocenters. The first-order valence-corrected chi connectivity index (χ1v) is 6.45. The minimum Gasteiger partial charge on any atom is -0.319 e. The number of likely N-dealkylation sites (N-methyl/N-ethyl adjacent to an activating group) is 1. The second-order valence-electron chi connectivity index (χ2n) is 3.98. The van der Waals surface area contributed by atoms with E-state index in [9.17, 15) is 4.39 Å². The smallest absolute Gasteiger partial charge is 0.123 e. The first-order chi connectivity index (χ1) is 8.29. The molecule has 1 unspecified atom stereocenters. The molecule has 1 N–H and O–H groups in total. The van der Waals surface area contributed by atoms with Crippen LogP contribution in [0.2, 0.25) is 0 Å². The van der Waals surface area contributed by atoms with E-state index in [1.54, 1.807) is 11.3 Å². The van der Waals surface area contributed by atoms with Gasteiger partial charge in [-0.2, -0.15) is 0 Å². The molecule has 0 bridgehead atoms. The van der Waals surface area contributed by atoms with Gasteiger partial charge < -0.3 is 5.32 Å². The molecule has 90 valence electrons. The van der Waals surface area contributed by atoms with Gasteiger partial charge in [-0.1, -0.05) is 12.1 Å². The molecule has 1 heterocycles. The predicted molar refractivity (Wildman–Crippen MR) is 68.9 cm³/mol.